The van der Waals surface area contributed by atoms with Crippen LogP contribution in [0.15, 0.2) is 42.7 Å². The Kier molecular flexibility index (Phi) is 3.52. The highest BCUT2D eigenvalue weighted by molar-refractivity contribution is 5.92. The number of nitrogens with two attached hydrogens (primary N) is 1. The van der Waals surface area contributed by atoms with Gasteiger partial charge in [-0.3, -0.25) is 9.78 Å². The van der Waals surface area contributed by atoms with Crippen molar-refractivity contribution in [3.05, 3.63) is 54.1 Å². The number of halogens is 1. The van der Waals surface area contributed by atoms with Crippen molar-refractivity contribution in [1.82, 2.24) is 4.98 Å². The van der Waals surface area contributed by atoms with Crippen LogP contribution in [0.25, 0.3) is 0 Å². The zero-order valence-corrected chi connectivity index (χ0v) is 9.56. The zero-order chi connectivity index (χ0) is 13.0. The van der Waals surface area contributed by atoms with Gasteiger partial charge >= 0.3 is 0 Å². The van der Waals surface area contributed by atoms with Crippen molar-refractivity contribution in [2.24, 2.45) is 0 Å². The van der Waals surface area contributed by atoms with E-state index in [1.807, 2.05) is 0 Å². The number of aromatic nitrogens is 1. The number of anilines is 2. The maximum absolute atomic E-state index is 13.3. The summed E-state index contributed by atoms with van der Waals surface area (Å²) >= 11 is 0. The number of pyridine rings is 1. The standard InChI is InChI=1S/C13H12FN3O/c14-11-8-16-5-4-12(11)17-13(18)7-9-2-1-3-10(15)6-9/h1-6,8H,7,15H2,(H,16,17,18). The van der Waals surface area contributed by atoms with Crippen LogP contribution in [0, 0.1) is 5.82 Å². The number of nitrogens with zero attached hydrogens (tertiary/aromatic N) is 1. The highest BCUT2D eigenvalue weighted by Gasteiger charge is 2.07. The lowest BCUT2D eigenvalue weighted by Gasteiger charge is -2.06. The first kappa shape index (κ1) is 12.0. The monoisotopic (exact) mass is 245 g/mol. The number of benzene rings is 1. The number of hydrogen-bond donors (Lipinski definition) is 2. The van der Waals surface area contributed by atoms with Crippen molar-refractivity contribution >= 4 is 17.3 Å². The third kappa shape index (κ3) is 3.04. The predicted octanol–water partition coefficient (Wildman–Crippen LogP) is 1.98. The Hall–Kier alpha value is -2.43. The molecule has 0 saturated carbocycles. The first-order valence-corrected chi connectivity index (χ1v) is 5.39. The highest BCUT2D eigenvalue weighted by atomic mass is 19.1. The van der Waals surface area contributed by atoms with Gasteiger partial charge in [-0.15, -0.1) is 0 Å². The van der Waals surface area contributed by atoms with Gasteiger partial charge in [-0.25, -0.2) is 4.39 Å². The van der Waals surface area contributed by atoms with E-state index in [0.29, 0.717) is 5.69 Å². The molecule has 92 valence electrons. The van der Waals surface area contributed by atoms with E-state index in [4.69, 9.17) is 5.73 Å². The molecule has 0 unspecified atom stereocenters. The quantitative estimate of drug-likeness (QED) is 0.812. The molecule has 5 heteroatoms. The molecule has 2 aromatic rings. The molecular formula is C13H12FN3O. The minimum atomic E-state index is -0.557. The molecule has 0 fully saturated rings. The Balaban J connectivity index is 2.03. The van der Waals surface area contributed by atoms with Crippen molar-refractivity contribution in [2.45, 2.75) is 6.42 Å². The van der Waals surface area contributed by atoms with Gasteiger partial charge in [0.15, 0.2) is 5.82 Å². The highest BCUT2D eigenvalue weighted by Crippen LogP contribution is 2.12. The summed E-state index contributed by atoms with van der Waals surface area (Å²) in [5.74, 6) is -0.857. The molecule has 2 rings (SSSR count). The summed E-state index contributed by atoms with van der Waals surface area (Å²) in [7, 11) is 0. The number of carbonyl (C=O) groups excluding carboxylic acids is 1. The molecule has 0 saturated heterocycles. The Labute approximate surface area is 104 Å². The Morgan fingerprint density at radius 3 is 2.94 bits per heavy atom. The maximum Gasteiger partial charge on any atom is 0.228 e. The molecule has 1 aromatic carbocycles. The molecule has 4 nitrogen and oxygen atoms in total. The summed E-state index contributed by atoms with van der Waals surface area (Å²) < 4.78 is 13.3. The van der Waals surface area contributed by atoms with E-state index in [1.54, 1.807) is 24.3 Å². The van der Waals surface area contributed by atoms with E-state index < -0.39 is 5.82 Å². The second kappa shape index (κ2) is 5.27. The molecule has 0 bridgehead atoms. The van der Waals surface area contributed by atoms with Crippen LogP contribution in [0.4, 0.5) is 15.8 Å². The van der Waals surface area contributed by atoms with E-state index in [0.717, 1.165) is 11.8 Å². The van der Waals surface area contributed by atoms with Crippen LogP contribution < -0.4 is 11.1 Å². The van der Waals surface area contributed by atoms with Gasteiger partial charge in [0, 0.05) is 11.9 Å². The van der Waals surface area contributed by atoms with Crippen molar-refractivity contribution < 1.29 is 9.18 Å². The van der Waals surface area contributed by atoms with Gasteiger partial charge in [0.25, 0.3) is 0 Å². The molecule has 3 N–H and O–H groups in total. The molecule has 0 atom stereocenters. The lowest BCUT2D eigenvalue weighted by Crippen LogP contribution is -2.15. The number of rotatable bonds is 3. The maximum atomic E-state index is 13.3. The van der Waals surface area contributed by atoms with Gasteiger partial charge < -0.3 is 11.1 Å². The number of carbonyl (C=O) groups is 1. The molecule has 1 amide bonds. The van der Waals surface area contributed by atoms with Gasteiger partial charge in [0.05, 0.1) is 18.3 Å². The van der Waals surface area contributed by atoms with Crippen molar-refractivity contribution in [1.29, 1.82) is 0 Å². The molecule has 0 radical (unpaired) electrons. The number of hydrogen-bond acceptors (Lipinski definition) is 3. The summed E-state index contributed by atoms with van der Waals surface area (Å²) in [6.45, 7) is 0. The van der Waals surface area contributed by atoms with E-state index in [2.05, 4.69) is 10.3 Å². The van der Waals surface area contributed by atoms with Gasteiger partial charge in [-0.2, -0.15) is 0 Å². The van der Waals surface area contributed by atoms with E-state index in [9.17, 15) is 9.18 Å². The number of amides is 1. The predicted molar refractivity (Wildman–Crippen MR) is 67.4 cm³/mol. The average Bonchev–Trinajstić information content (AvgIpc) is 2.32. The minimum Gasteiger partial charge on any atom is -0.399 e. The molecule has 1 aromatic heterocycles. The summed E-state index contributed by atoms with van der Waals surface area (Å²) in [6.07, 6.45) is 2.61. The van der Waals surface area contributed by atoms with E-state index >= 15 is 0 Å². The van der Waals surface area contributed by atoms with Crippen LogP contribution in [0.3, 0.4) is 0 Å². The van der Waals surface area contributed by atoms with Crippen LogP contribution in [-0.4, -0.2) is 10.9 Å². The second-order valence-electron chi connectivity index (χ2n) is 3.83. The van der Waals surface area contributed by atoms with E-state index in [-0.39, 0.29) is 18.0 Å². The van der Waals surface area contributed by atoms with Crippen molar-refractivity contribution in [2.75, 3.05) is 11.1 Å². The number of nitrogen functional groups attached to an aromatic ring is 1. The van der Waals surface area contributed by atoms with Crippen LogP contribution in [0.1, 0.15) is 5.56 Å². The van der Waals surface area contributed by atoms with Gasteiger partial charge in [-0.1, -0.05) is 12.1 Å². The minimum absolute atomic E-state index is 0.124. The lowest BCUT2D eigenvalue weighted by atomic mass is 10.1. The summed E-state index contributed by atoms with van der Waals surface area (Å²) in [5.41, 5.74) is 7.11. The summed E-state index contributed by atoms with van der Waals surface area (Å²) in [4.78, 5) is 15.3. The molecule has 0 aliphatic rings. The first-order chi connectivity index (χ1) is 8.65. The van der Waals surface area contributed by atoms with Crippen LogP contribution >= 0.6 is 0 Å². The van der Waals surface area contributed by atoms with Gasteiger partial charge in [0.1, 0.15) is 0 Å². The second-order valence-corrected chi connectivity index (χ2v) is 3.83. The van der Waals surface area contributed by atoms with Gasteiger partial charge in [-0.05, 0) is 23.8 Å². The zero-order valence-electron chi connectivity index (χ0n) is 9.56. The van der Waals surface area contributed by atoms with Crippen LogP contribution in [0.5, 0.6) is 0 Å². The SMILES string of the molecule is Nc1cccc(CC(=O)Nc2ccncc2F)c1. The largest absolute Gasteiger partial charge is 0.399 e. The Morgan fingerprint density at radius 1 is 1.39 bits per heavy atom. The molecule has 0 aliphatic heterocycles. The molecule has 0 aliphatic carbocycles. The third-order valence-corrected chi connectivity index (χ3v) is 2.36. The fourth-order valence-corrected chi connectivity index (χ4v) is 1.56. The molecule has 1 heterocycles. The Morgan fingerprint density at radius 2 is 2.22 bits per heavy atom. The van der Waals surface area contributed by atoms with Crippen LogP contribution in [0.2, 0.25) is 0 Å². The summed E-state index contributed by atoms with van der Waals surface area (Å²) in [6, 6.07) is 8.42. The fourth-order valence-electron chi connectivity index (χ4n) is 1.56. The van der Waals surface area contributed by atoms with E-state index in [1.165, 1.54) is 12.3 Å². The normalized spacial score (nSPS) is 10.1. The molecule has 18 heavy (non-hydrogen) atoms. The molecule has 0 spiro atoms. The third-order valence-electron chi connectivity index (χ3n) is 2.36. The van der Waals surface area contributed by atoms with Crippen LogP contribution in [-0.2, 0) is 11.2 Å². The summed E-state index contributed by atoms with van der Waals surface area (Å²) in [5, 5.41) is 2.48. The molecular weight excluding hydrogens is 233 g/mol. The first-order valence-electron chi connectivity index (χ1n) is 5.39. The fraction of sp³-hybridized carbons (Fsp3) is 0.0769. The number of nitrogens with one attached hydrogen (secondary N) is 1. The van der Waals surface area contributed by atoms with Gasteiger partial charge in [0.2, 0.25) is 5.91 Å². The smallest absolute Gasteiger partial charge is 0.228 e. The van der Waals surface area contributed by atoms with Crippen molar-refractivity contribution in [3.63, 3.8) is 0 Å². The van der Waals surface area contributed by atoms with Crippen molar-refractivity contribution in [3.8, 4) is 0 Å². The average molecular weight is 245 g/mol. The topological polar surface area (TPSA) is 68.0 Å². The lowest BCUT2D eigenvalue weighted by molar-refractivity contribution is -0.115. The Bertz CT molecular complexity index is 572.